The van der Waals surface area contributed by atoms with E-state index in [1.807, 2.05) is 18.2 Å². The van der Waals surface area contributed by atoms with E-state index in [1.54, 1.807) is 5.51 Å². The maximum Gasteiger partial charge on any atom is 0.253 e. The number of fused-ring (bicyclic) bond motifs is 2. The highest BCUT2D eigenvalue weighted by Gasteiger charge is 2.19. The summed E-state index contributed by atoms with van der Waals surface area (Å²) in [4.78, 5) is 16.6. The van der Waals surface area contributed by atoms with Crippen LogP contribution < -0.4 is 5.32 Å². The predicted octanol–water partition coefficient (Wildman–Crippen LogP) is 2.44. The first kappa shape index (κ1) is 12.5. The number of carbonyl (C=O) groups excluding carboxylic acids is 1. The Kier molecular flexibility index (Phi) is 2.96. The van der Waals surface area contributed by atoms with E-state index >= 15 is 0 Å². The number of nitrogens with one attached hydrogen (secondary N) is 2. The lowest BCUT2D eigenvalue weighted by atomic mass is 10.1. The Balaban J connectivity index is 1.54. The zero-order valence-electron chi connectivity index (χ0n) is 11.3. The van der Waals surface area contributed by atoms with Gasteiger partial charge in [0.1, 0.15) is 0 Å². The van der Waals surface area contributed by atoms with Crippen molar-refractivity contribution in [2.24, 2.45) is 0 Å². The molecule has 1 aliphatic carbocycles. The molecule has 0 fully saturated rings. The number of nitrogens with zero attached hydrogens (tertiary/aromatic N) is 2. The number of aromatic nitrogens is 3. The van der Waals surface area contributed by atoms with Crippen LogP contribution in [0.15, 0.2) is 23.7 Å². The van der Waals surface area contributed by atoms with Gasteiger partial charge in [-0.25, -0.2) is 4.98 Å². The monoisotopic (exact) mass is 298 g/mol. The standard InChI is InChI=1S/C15H14N4OS/c20-15(10-4-2-6-12-14(10)21-8-17-12)16-7-13-9-3-1-5-11(9)18-19-13/h2,4,6,8H,1,3,5,7H2,(H,16,20)(H,18,19). The molecule has 2 N–H and O–H groups in total. The second-order valence-corrected chi connectivity index (χ2v) is 6.02. The van der Waals surface area contributed by atoms with Crippen LogP contribution in [0.4, 0.5) is 0 Å². The second kappa shape index (κ2) is 4.96. The lowest BCUT2D eigenvalue weighted by Crippen LogP contribution is -2.23. The first-order chi connectivity index (χ1) is 10.3. The number of H-pyrrole nitrogens is 1. The van der Waals surface area contributed by atoms with Crippen LogP contribution in [0, 0.1) is 0 Å². The Morgan fingerprint density at radius 3 is 3.29 bits per heavy atom. The van der Waals surface area contributed by atoms with Gasteiger partial charge in [-0.1, -0.05) is 6.07 Å². The van der Waals surface area contributed by atoms with E-state index < -0.39 is 0 Å². The maximum atomic E-state index is 12.4. The summed E-state index contributed by atoms with van der Waals surface area (Å²) < 4.78 is 0.933. The molecule has 0 spiro atoms. The van der Waals surface area contributed by atoms with E-state index in [-0.39, 0.29) is 5.91 Å². The van der Waals surface area contributed by atoms with Gasteiger partial charge < -0.3 is 5.32 Å². The highest BCUT2D eigenvalue weighted by Crippen LogP contribution is 2.24. The lowest BCUT2D eigenvalue weighted by Gasteiger charge is -2.05. The average molecular weight is 298 g/mol. The SMILES string of the molecule is O=C(NCc1n[nH]c2c1CCC2)c1cccc2ncsc12. The third-order valence-electron chi connectivity index (χ3n) is 3.91. The molecule has 5 nitrogen and oxygen atoms in total. The molecule has 0 unspecified atom stereocenters. The fraction of sp³-hybridized carbons (Fsp3) is 0.267. The van der Waals surface area contributed by atoms with Gasteiger partial charge in [0.25, 0.3) is 5.91 Å². The van der Waals surface area contributed by atoms with Crippen molar-refractivity contribution in [3.05, 3.63) is 46.2 Å². The second-order valence-electron chi connectivity index (χ2n) is 5.17. The minimum atomic E-state index is -0.0698. The predicted molar refractivity (Wildman–Crippen MR) is 81.4 cm³/mol. The summed E-state index contributed by atoms with van der Waals surface area (Å²) in [6, 6.07) is 5.62. The van der Waals surface area contributed by atoms with Crippen molar-refractivity contribution in [3.8, 4) is 0 Å². The lowest BCUT2D eigenvalue weighted by molar-refractivity contribution is 0.0952. The smallest absolute Gasteiger partial charge is 0.253 e. The Labute approximate surface area is 125 Å². The topological polar surface area (TPSA) is 70.7 Å². The molecule has 21 heavy (non-hydrogen) atoms. The summed E-state index contributed by atoms with van der Waals surface area (Å²) in [6.45, 7) is 0.472. The molecule has 2 aromatic heterocycles. The summed E-state index contributed by atoms with van der Waals surface area (Å²) in [5.41, 5.74) is 6.79. The van der Waals surface area contributed by atoms with Crippen LogP contribution in [0.25, 0.3) is 10.2 Å². The van der Waals surface area contributed by atoms with Gasteiger partial charge in [-0.2, -0.15) is 5.10 Å². The van der Waals surface area contributed by atoms with Gasteiger partial charge in [0, 0.05) is 5.69 Å². The third kappa shape index (κ3) is 2.12. The Hall–Kier alpha value is -2.21. The first-order valence-corrected chi connectivity index (χ1v) is 7.86. The largest absolute Gasteiger partial charge is 0.346 e. The van der Waals surface area contributed by atoms with Crippen LogP contribution in [0.5, 0.6) is 0 Å². The first-order valence-electron chi connectivity index (χ1n) is 6.98. The van der Waals surface area contributed by atoms with Crippen molar-refractivity contribution >= 4 is 27.5 Å². The van der Waals surface area contributed by atoms with E-state index in [0.717, 1.165) is 28.8 Å². The molecule has 6 heteroatoms. The molecule has 1 aliphatic rings. The molecule has 0 aliphatic heterocycles. The van der Waals surface area contributed by atoms with Gasteiger partial charge in [-0.05, 0) is 37.0 Å². The molecule has 0 saturated heterocycles. The molecule has 1 aromatic carbocycles. The average Bonchev–Trinajstić information content (AvgIpc) is 3.20. The van der Waals surface area contributed by atoms with Crippen molar-refractivity contribution in [1.29, 1.82) is 0 Å². The highest BCUT2D eigenvalue weighted by atomic mass is 32.1. The fourth-order valence-corrected chi connectivity index (χ4v) is 3.66. The normalized spacial score (nSPS) is 13.5. The number of hydrogen-bond acceptors (Lipinski definition) is 4. The Bertz CT molecular complexity index is 820. The quantitative estimate of drug-likeness (QED) is 0.780. The van der Waals surface area contributed by atoms with Crippen molar-refractivity contribution in [1.82, 2.24) is 20.5 Å². The number of aromatic amines is 1. The number of amides is 1. The van der Waals surface area contributed by atoms with Crippen LogP contribution in [0.1, 0.15) is 33.7 Å². The zero-order chi connectivity index (χ0) is 14.2. The summed E-state index contributed by atoms with van der Waals surface area (Å²) in [5, 5.41) is 10.3. The molecule has 2 heterocycles. The van der Waals surface area contributed by atoms with Gasteiger partial charge in [-0.15, -0.1) is 11.3 Å². The molecule has 0 atom stereocenters. The van der Waals surface area contributed by atoms with Crippen LogP contribution in [0.3, 0.4) is 0 Å². The number of aryl methyl sites for hydroxylation is 1. The molecule has 3 aromatic rings. The fourth-order valence-electron chi connectivity index (χ4n) is 2.86. The van der Waals surface area contributed by atoms with Gasteiger partial charge in [-0.3, -0.25) is 9.89 Å². The molecule has 4 rings (SSSR count). The van der Waals surface area contributed by atoms with Crippen LogP contribution in [-0.2, 0) is 19.4 Å². The molecule has 0 bridgehead atoms. The molecular formula is C15H14N4OS. The van der Waals surface area contributed by atoms with Crippen molar-refractivity contribution < 1.29 is 4.79 Å². The summed E-state index contributed by atoms with van der Waals surface area (Å²) in [5.74, 6) is -0.0698. The Morgan fingerprint density at radius 1 is 1.38 bits per heavy atom. The van der Waals surface area contributed by atoms with Crippen LogP contribution >= 0.6 is 11.3 Å². The number of thiazole rings is 1. The number of hydrogen-bond donors (Lipinski definition) is 2. The summed E-state index contributed by atoms with van der Waals surface area (Å²) in [7, 11) is 0. The van der Waals surface area contributed by atoms with Crippen LogP contribution in [0.2, 0.25) is 0 Å². The van der Waals surface area contributed by atoms with Crippen molar-refractivity contribution in [3.63, 3.8) is 0 Å². The van der Waals surface area contributed by atoms with E-state index in [0.29, 0.717) is 12.1 Å². The number of rotatable bonds is 3. The highest BCUT2D eigenvalue weighted by molar-refractivity contribution is 7.17. The maximum absolute atomic E-state index is 12.4. The zero-order valence-corrected chi connectivity index (χ0v) is 12.2. The summed E-state index contributed by atoms with van der Waals surface area (Å²) in [6.07, 6.45) is 3.29. The molecule has 0 radical (unpaired) electrons. The summed E-state index contributed by atoms with van der Waals surface area (Å²) >= 11 is 1.49. The molecular weight excluding hydrogens is 284 g/mol. The Morgan fingerprint density at radius 2 is 2.33 bits per heavy atom. The van der Waals surface area contributed by atoms with E-state index in [2.05, 4.69) is 20.5 Å². The minimum Gasteiger partial charge on any atom is -0.346 e. The van der Waals surface area contributed by atoms with E-state index in [9.17, 15) is 4.79 Å². The van der Waals surface area contributed by atoms with Gasteiger partial charge in [0.2, 0.25) is 0 Å². The van der Waals surface area contributed by atoms with E-state index in [1.165, 1.54) is 29.0 Å². The molecule has 0 saturated carbocycles. The molecule has 106 valence electrons. The van der Waals surface area contributed by atoms with Crippen molar-refractivity contribution in [2.75, 3.05) is 0 Å². The van der Waals surface area contributed by atoms with Crippen LogP contribution in [-0.4, -0.2) is 21.1 Å². The van der Waals surface area contributed by atoms with Crippen molar-refractivity contribution in [2.45, 2.75) is 25.8 Å². The van der Waals surface area contributed by atoms with Gasteiger partial charge in [0.05, 0.1) is 33.5 Å². The van der Waals surface area contributed by atoms with Gasteiger partial charge in [0.15, 0.2) is 0 Å². The van der Waals surface area contributed by atoms with Gasteiger partial charge >= 0.3 is 0 Å². The number of carbonyl (C=O) groups is 1. The minimum absolute atomic E-state index is 0.0698. The number of benzene rings is 1. The molecule has 1 amide bonds. The third-order valence-corrected chi connectivity index (χ3v) is 4.79. The van der Waals surface area contributed by atoms with E-state index in [4.69, 9.17) is 0 Å².